The Labute approximate surface area is 140 Å². The molecule has 0 spiro atoms. The highest BCUT2D eigenvalue weighted by Gasteiger charge is 2.40. The summed E-state index contributed by atoms with van der Waals surface area (Å²) < 4.78 is 38.3. The third kappa shape index (κ3) is 3.34. The zero-order valence-corrected chi connectivity index (χ0v) is 12.7. The van der Waals surface area contributed by atoms with E-state index < -0.39 is 29.6 Å². The fourth-order valence-electron chi connectivity index (χ4n) is 2.71. The quantitative estimate of drug-likeness (QED) is 0.831. The molecule has 0 saturated carbocycles. The van der Waals surface area contributed by atoms with Crippen molar-refractivity contribution in [3.8, 4) is 0 Å². The van der Waals surface area contributed by atoms with E-state index in [1.54, 1.807) is 30.3 Å². The second-order valence-electron chi connectivity index (χ2n) is 5.58. The van der Waals surface area contributed by atoms with Gasteiger partial charge in [-0.05, 0) is 29.8 Å². The van der Waals surface area contributed by atoms with Crippen LogP contribution in [0.4, 0.5) is 18.9 Å². The van der Waals surface area contributed by atoms with Gasteiger partial charge in [-0.25, -0.2) is 5.06 Å². The Morgan fingerprint density at radius 2 is 1.84 bits per heavy atom. The van der Waals surface area contributed by atoms with Crippen LogP contribution >= 0.6 is 0 Å². The van der Waals surface area contributed by atoms with E-state index in [1.807, 2.05) is 0 Å². The Morgan fingerprint density at radius 1 is 1.16 bits per heavy atom. The van der Waals surface area contributed by atoms with Crippen LogP contribution in [0.5, 0.6) is 0 Å². The summed E-state index contributed by atoms with van der Waals surface area (Å²) in [4.78, 5) is 24.1. The molecule has 5 nitrogen and oxygen atoms in total. The van der Waals surface area contributed by atoms with Crippen molar-refractivity contribution in [2.45, 2.75) is 18.6 Å². The molecule has 130 valence electrons. The number of amides is 2. The van der Waals surface area contributed by atoms with Crippen LogP contribution in [0.25, 0.3) is 0 Å². The molecular weight excluding hydrogens is 337 g/mol. The fourth-order valence-corrected chi connectivity index (χ4v) is 2.71. The van der Waals surface area contributed by atoms with Gasteiger partial charge < -0.3 is 5.32 Å². The van der Waals surface area contributed by atoms with Crippen LogP contribution in [0.1, 0.15) is 33.9 Å². The summed E-state index contributed by atoms with van der Waals surface area (Å²) in [5, 5.41) is 12.8. The highest BCUT2D eigenvalue weighted by atomic mass is 19.4. The van der Waals surface area contributed by atoms with E-state index in [1.165, 1.54) is 0 Å². The molecule has 3 rings (SSSR count). The van der Waals surface area contributed by atoms with Gasteiger partial charge in [0.15, 0.2) is 0 Å². The van der Waals surface area contributed by atoms with E-state index in [4.69, 9.17) is 0 Å². The summed E-state index contributed by atoms with van der Waals surface area (Å²) in [5.41, 5.74) is -0.519. The molecule has 2 N–H and O–H groups in total. The van der Waals surface area contributed by atoms with Crippen molar-refractivity contribution in [2.75, 3.05) is 5.32 Å². The van der Waals surface area contributed by atoms with Crippen LogP contribution in [0, 0.1) is 0 Å². The number of hydroxylamine groups is 2. The minimum Gasteiger partial charge on any atom is -0.326 e. The van der Waals surface area contributed by atoms with Crippen molar-refractivity contribution in [2.24, 2.45) is 0 Å². The molecule has 25 heavy (non-hydrogen) atoms. The van der Waals surface area contributed by atoms with Gasteiger partial charge in [0.05, 0.1) is 18.0 Å². The van der Waals surface area contributed by atoms with E-state index in [0.29, 0.717) is 16.8 Å². The topological polar surface area (TPSA) is 69.6 Å². The van der Waals surface area contributed by atoms with E-state index in [2.05, 4.69) is 5.32 Å². The molecular formula is C17H13F3N2O3. The highest BCUT2D eigenvalue weighted by Crippen LogP contribution is 2.38. The summed E-state index contributed by atoms with van der Waals surface area (Å²) in [7, 11) is 0. The van der Waals surface area contributed by atoms with Crippen LogP contribution in [0.2, 0.25) is 0 Å². The molecule has 2 amide bonds. The third-order valence-electron chi connectivity index (χ3n) is 3.91. The number of alkyl halides is 3. The molecule has 0 fully saturated rings. The first-order valence-electron chi connectivity index (χ1n) is 7.36. The number of para-hydroxylation sites is 1. The number of carbonyl (C=O) groups excluding carboxylic acids is 2. The summed E-state index contributed by atoms with van der Waals surface area (Å²) in [6.07, 6.45) is -4.88. The minimum atomic E-state index is -4.60. The van der Waals surface area contributed by atoms with E-state index in [-0.39, 0.29) is 17.5 Å². The second kappa shape index (κ2) is 6.21. The van der Waals surface area contributed by atoms with Gasteiger partial charge in [0.2, 0.25) is 5.91 Å². The maximum absolute atomic E-state index is 12.8. The molecule has 1 unspecified atom stereocenters. The Balaban J connectivity index is 1.82. The molecule has 1 aliphatic rings. The molecule has 0 bridgehead atoms. The number of fused-ring (bicyclic) bond motifs is 1. The Kier molecular flexibility index (Phi) is 4.22. The number of nitrogens with one attached hydrogen (secondary N) is 1. The van der Waals surface area contributed by atoms with Gasteiger partial charge in [0.1, 0.15) is 0 Å². The van der Waals surface area contributed by atoms with Gasteiger partial charge in [-0.1, -0.05) is 24.3 Å². The SMILES string of the molecule is O=C(CC1c2ccc(C(F)(F)F)cc2C(=O)N1O)Nc1ccccc1. The number of carbonyl (C=O) groups is 2. The van der Waals surface area contributed by atoms with E-state index in [0.717, 1.165) is 12.1 Å². The molecule has 1 heterocycles. The minimum absolute atomic E-state index is 0.184. The van der Waals surface area contributed by atoms with Crippen molar-refractivity contribution in [3.05, 3.63) is 65.2 Å². The molecule has 0 aromatic heterocycles. The van der Waals surface area contributed by atoms with Crippen molar-refractivity contribution in [3.63, 3.8) is 0 Å². The van der Waals surface area contributed by atoms with Crippen LogP contribution in [0.3, 0.4) is 0 Å². The van der Waals surface area contributed by atoms with Gasteiger partial charge in [0.25, 0.3) is 5.91 Å². The summed E-state index contributed by atoms with van der Waals surface area (Å²) >= 11 is 0. The Morgan fingerprint density at radius 3 is 2.48 bits per heavy atom. The molecule has 1 atom stereocenters. The van der Waals surface area contributed by atoms with Crippen molar-refractivity contribution < 1.29 is 28.0 Å². The fraction of sp³-hybridized carbons (Fsp3) is 0.176. The van der Waals surface area contributed by atoms with Crippen molar-refractivity contribution in [1.29, 1.82) is 0 Å². The molecule has 0 radical (unpaired) electrons. The molecule has 2 aromatic carbocycles. The predicted molar refractivity (Wildman–Crippen MR) is 81.8 cm³/mol. The zero-order valence-electron chi connectivity index (χ0n) is 12.7. The van der Waals surface area contributed by atoms with Crippen molar-refractivity contribution in [1.82, 2.24) is 5.06 Å². The first-order valence-corrected chi connectivity index (χ1v) is 7.36. The van der Waals surface area contributed by atoms with Gasteiger partial charge in [-0.2, -0.15) is 13.2 Å². The average molecular weight is 350 g/mol. The number of hydrogen-bond donors (Lipinski definition) is 2. The van der Waals surface area contributed by atoms with E-state index in [9.17, 15) is 28.0 Å². The maximum atomic E-state index is 12.8. The highest BCUT2D eigenvalue weighted by molar-refractivity contribution is 6.00. The normalized spacial score (nSPS) is 16.7. The smallest absolute Gasteiger partial charge is 0.326 e. The molecule has 1 aliphatic heterocycles. The lowest BCUT2D eigenvalue weighted by Gasteiger charge is -2.18. The maximum Gasteiger partial charge on any atom is 0.416 e. The molecule has 0 saturated heterocycles. The first-order chi connectivity index (χ1) is 11.8. The summed E-state index contributed by atoms with van der Waals surface area (Å²) in [5.74, 6) is -1.44. The van der Waals surface area contributed by atoms with Crippen molar-refractivity contribution >= 4 is 17.5 Å². The largest absolute Gasteiger partial charge is 0.416 e. The summed E-state index contributed by atoms with van der Waals surface area (Å²) in [6.45, 7) is 0. The molecule has 8 heteroatoms. The molecule has 2 aromatic rings. The Bertz CT molecular complexity index is 822. The average Bonchev–Trinajstić information content (AvgIpc) is 2.79. The summed E-state index contributed by atoms with van der Waals surface area (Å²) in [6, 6.07) is 10.2. The predicted octanol–water partition coefficient (Wildman–Crippen LogP) is 3.62. The monoisotopic (exact) mass is 350 g/mol. The second-order valence-corrected chi connectivity index (χ2v) is 5.58. The number of anilines is 1. The van der Waals surface area contributed by atoms with Crippen LogP contribution in [-0.2, 0) is 11.0 Å². The number of nitrogens with zero attached hydrogens (tertiary/aromatic N) is 1. The van der Waals surface area contributed by atoms with Gasteiger partial charge in [-0.3, -0.25) is 14.8 Å². The third-order valence-corrected chi connectivity index (χ3v) is 3.91. The standard InChI is InChI=1S/C17H13F3N2O3/c18-17(19,20)10-6-7-12-13(8-10)16(24)22(25)14(12)9-15(23)21-11-4-2-1-3-5-11/h1-8,14,25H,9H2,(H,21,23). The Hall–Kier alpha value is -2.87. The number of hydrogen-bond acceptors (Lipinski definition) is 3. The zero-order chi connectivity index (χ0) is 18.2. The van der Waals surface area contributed by atoms with Gasteiger partial charge in [0, 0.05) is 11.3 Å². The first kappa shape index (κ1) is 17.0. The molecule has 0 aliphatic carbocycles. The van der Waals surface area contributed by atoms with E-state index >= 15 is 0 Å². The van der Waals surface area contributed by atoms with Gasteiger partial charge in [-0.15, -0.1) is 0 Å². The number of benzene rings is 2. The lowest BCUT2D eigenvalue weighted by atomic mass is 9.99. The van der Waals surface area contributed by atoms with Crippen LogP contribution in [-0.4, -0.2) is 22.1 Å². The van der Waals surface area contributed by atoms with Crippen LogP contribution in [0.15, 0.2) is 48.5 Å². The lowest BCUT2D eigenvalue weighted by Crippen LogP contribution is -2.27. The van der Waals surface area contributed by atoms with Crippen LogP contribution < -0.4 is 5.32 Å². The van der Waals surface area contributed by atoms with Gasteiger partial charge >= 0.3 is 6.18 Å². The number of halogens is 3. The number of rotatable bonds is 3. The lowest BCUT2D eigenvalue weighted by molar-refractivity contribution is -0.137.